The number of amides is 2. The molecule has 1 saturated heterocycles. The number of nitrogens with zero attached hydrogens (tertiary/aromatic N) is 1. The number of carbonyl (C=O) groups excluding carboxylic acids is 2. The standard InChI is InChI=1S/C11H12N4O2.ClH/c12-8(16)7-4-11(5-14-7)6-2-1-3-13-9(6)15-10(11)17;/h1-3,7,14H,4-5H2,(H2,12,16)(H,13,15,17);1H. The molecule has 0 saturated carbocycles. The summed E-state index contributed by atoms with van der Waals surface area (Å²) in [6.07, 6.45) is 2.03. The minimum Gasteiger partial charge on any atom is -0.368 e. The number of hydrogen-bond donors (Lipinski definition) is 3. The minimum absolute atomic E-state index is 0. The maximum absolute atomic E-state index is 12.1. The van der Waals surface area contributed by atoms with Gasteiger partial charge in [-0.15, -0.1) is 12.4 Å². The van der Waals surface area contributed by atoms with Crippen molar-refractivity contribution < 1.29 is 9.59 Å². The zero-order valence-electron chi connectivity index (χ0n) is 9.47. The van der Waals surface area contributed by atoms with Gasteiger partial charge in [0.05, 0.1) is 11.5 Å². The second-order valence-electron chi connectivity index (χ2n) is 4.48. The van der Waals surface area contributed by atoms with E-state index in [1.165, 1.54) is 0 Å². The van der Waals surface area contributed by atoms with Crippen molar-refractivity contribution in [1.29, 1.82) is 0 Å². The van der Waals surface area contributed by atoms with Gasteiger partial charge in [0.2, 0.25) is 11.8 Å². The molecule has 0 bridgehead atoms. The Morgan fingerprint density at radius 1 is 1.56 bits per heavy atom. The number of halogens is 1. The SMILES string of the molecule is Cl.NC(=O)C1CC2(CN1)C(=O)Nc1ncccc12. The summed E-state index contributed by atoms with van der Waals surface area (Å²) in [7, 11) is 0. The first-order valence-electron chi connectivity index (χ1n) is 5.43. The number of rotatable bonds is 1. The molecule has 7 heteroatoms. The highest BCUT2D eigenvalue weighted by Crippen LogP contribution is 2.42. The predicted octanol–water partition coefficient (Wildman–Crippen LogP) is -0.459. The lowest BCUT2D eigenvalue weighted by Gasteiger charge is -2.19. The van der Waals surface area contributed by atoms with Crippen LogP contribution in [0.15, 0.2) is 18.3 Å². The molecule has 1 aromatic heterocycles. The van der Waals surface area contributed by atoms with E-state index in [-0.39, 0.29) is 18.3 Å². The summed E-state index contributed by atoms with van der Waals surface area (Å²) in [5, 5.41) is 5.74. The Balaban J connectivity index is 0.00000120. The quantitative estimate of drug-likeness (QED) is 0.642. The van der Waals surface area contributed by atoms with E-state index in [4.69, 9.17) is 5.73 Å². The molecule has 18 heavy (non-hydrogen) atoms. The summed E-state index contributed by atoms with van der Waals surface area (Å²) in [4.78, 5) is 27.4. The van der Waals surface area contributed by atoms with Crippen LogP contribution in [0.4, 0.5) is 5.82 Å². The molecule has 2 amide bonds. The molecule has 2 atom stereocenters. The first-order chi connectivity index (χ1) is 8.13. The van der Waals surface area contributed by atoms with E-state index in [9.17, 15) is 9.59 Å². The zero-order valence-corrected chi connectivity index (χ0v) is 10.3. The summed E-state index contributed by atoms with van der Waals surface area (Å²) in [5.41, 5.74) is 5.42. The van der Waals surface area contributed by atoms with Crippen LogP contribution in [-0.4, -0.2) is 29.4 Å². The predicted molar refractivity (Wildman–Crippen MR) is 67.4 cm³/mol. The van der Waals surface area contributed by atoms with Gasteiger partial charge in [-0.1, -0.05) is 6.07 Å². The summed E-state index contributed by atoms with van der Waals surface area (Å²) in [5.74, 6) is 0.0545. The molecule has 2 aliphatic rings. The topological polar surface area (TPSA) is 97.1 Å². The number of hydrogen-bond acceptors (Lipinski definition) is 4. The largest absolute Gasteiger partial charge is 0.368 e. The molecular weight excluding hydrogens is 256 g/mol. The third-order valence-corrected chi connectivity index (χ3v) is 3.54. The highest BCUT2D eigenvalue weighted by molar-refractivity contribution is 6.06. The molecule has 96 valence electrons. The van der Waals surface area contributed by atoms with Crippen LogP contribution in [-0.2, 0) is 15.0 Å². The molecule has 3 heterocycles. The molecule has 6 nitrogen and oxygen atoms in total. The number of primary amides is 1. The number of carbonyl (C=O) groups is 2. The van der Waals surface area contributed by atoms with Crippen LogP contribution in [0.25, 0.3) is 0 Å². The number of nitrogens with one attached hydrogen (secondary N) is 2. The van der Waals surface area contributed by atoms with Crippen molar-refractivity contribution in [2.75, 3.05) is 11.9 Å². The first kappa shape index (κ1) is 12.8. The average Bonchev–Trinajstić information content (AvgIpc) is 2.85. The minimum atomic E-state index is -0.691. The van der Waals surface area contributed by atoms with Gasteiger partial charge in [-0.25, -0.2) is 4.98 Å². The van der Waals surface area contributed by atoms with Gasteiger partial charge in [-0.3, -0.25) is 9.59 Å². The molecule has 2 aliphatic heterocycles. The monoisotopic (exact) mass is 268 g/mol. The fourth-order valence-electron chi connectivity index (χ4n) is 2.61. The Morgan fingerprint density at radius 3 is 3.00 bits per heavy atom. The van der Waals surface area contributed by atoms with Crippen molar-refractivity contribution in [2.45, 2.75) is 17.9 Å². The molecule has 1 spiro atoms. The summed E-state index contributed by atoms with van der Waals surface area (Å²) in [6.45, 7) is 0.422. The van der Waals surface area contributed by atoms with Crippen LogP contribution >= 0.6 is 12.4 Å². The van der Waals surface area contributed by atoms with Crippen molar-refractivity contribution in [3.8, 4) is 0 Å². The molecule has 0 aliphatic carbocycles. The van der Waals surface area contributed by atoms with Crippen LogP contribution in [0.3, 0.4) is 0 Å². The molecular formula is C11H13ClN4O2. The van der Waals surface area contributed by atoms with E-state index in [1.807, 2.05) is 6.07 Å². The van der Waals surface area contributed by atoms with Crippen molar-refractivity contribution in [3.63, 3.8) is 0 Å². The summed E-state index contributed by atoms with van der Waals surface area (Å²) in [6, 6.07) is 3.20. The van der Waals surface area contributed by atoms with Gasteiger partial charge in [0, 0.05) is 18.3 Å². The maximum atomic E-state index is 12.1. The second kappa shape index (κ2) is 4.22. The fraction of sp³-hybridized carbons (Fsp3) is 0.364. The van der Waals surface area contributed by atoms with Gasteiger partial charge in [-0.2, -0.15) is 0 Å². The Hall–Kier alpha value is -1.66. The van der Waals surface area contributed by atoms with Gasteiger partial charge in [0.15, 0.2) is 0 Å². The van der Waals surface area contributed by atoms with Crippen molar-refractivity contribution in [2.24, 2.45) is 5.73 Å². The zero-order chi connectivity index (χ0) is 12.0. The van der Waals surface area contributed by atoms with Crippen LogP contribution in [0, 0.1) is 0 Å². The van der Waals surface area contributed by atoms with E-state index < -0.39 is 17.4 Å². The van der Waals surface area contributed by atoms with Crippen LogP contribution in [0.5, 0.6) is 0 Å². The molecule has 2 unspecified atom stereocenters. The normalized spacial score (nSPS) is 28.7. The van der Waals surface area contributed by atoms with Crippen molar-refractivity contribution in [1.82, 2.24) is 10.3 Å². The van der Waals surface area contributed by atoms with Gasteiger partial charge >= 0.3 is 0 Å². The third-order valence-electron chi connectivity index (χ3n) is 3.54. The Labute approximate surface area is 110 Å². The van der Waals surface area contributed by atoms with Crippen LogP contribution in [0.1, 0.15) is 12.0 Å². The van der Waals surface area contributed by atoms with Crippen LogP contribution < -0.4 is 16.4 Å². The lowest BCUT2D eigenvalue weighted by Crippen LogP contribution is -2.36. The highest BCUT2D eigenvalue weighted by atomic mass is 35.5. The van der Waals surface area contributed by atoms with Crippen molar-refractivity contribution in [3.05, 3.63) is 23.9 Å². The van der Waals surface area contributed by atoms with Crippen molar-refractivity contribution >= 4 is 30.0 Å². The second-order valence-corrected chi connectivity index (χ2v) is 4.48. The molecule has 1 fully saturated rings. The summed E-state index contributed by atoms with van der Waals surface area (Å²) < 4.78 is 0. The molecule has 1 aromatic rings. The lowest BCUT2D eigenvalue weighted by atomic mass is 9.80. The number of anilines is 1. The number of fused-ring (bicyclic) bond motifs is 2. The lowest BCUT2D eigenvalue weighted by molar-refractivity contribution is -0.120. The van der Waals surface area contributed by atoms with Gasteiger partial charge in [0.25, 0.3) is 0 Å². The number of aromatic nitrogens is 1. The fourth-order valence-corrected chi connectivity index (χ4v) is 2.61. The smallest absolute Gasteiger partial charge is 0.237 e. The Morgan fingerprint density at radius 2 is 2.33 bits per heavy atom. The van der Waals surface area contributed by atoms with Gasteiger partial charge in [-0.05, 0) is 12.5 Å². The average molecular weight is 269 g/mol. The molecule has 4 N–H and O–H groups in total. The van der Waals surface area contributed by atoms with E-state index in [2.05, 4.69) is 15.6 Å². The number of pyridine rings is 1. The highest BCUT2D eigenvalue weighted by Gasteiger charge is 2.53. The third kappa shape index (κ3) is 1.57. The Bertz CT molecular complexity index is 522. The van der Waals surface area contributed by atoms with E-state index in [0.717, 1.165) is 5.56 Å². The van der Waals surface area contributed by atoms with Crippen LogP contribution in [0.2, 0.25) is 0 Å². The first-order valence-corrected chi connectivity index (χ1v) is 5.43. The van der Waals surface area contributed by atoms with E-state index >= 15 is 0 Å². The number of nitrogens with two attached hydrogens (primary N) is 1. The van der Waals surface area contributed by atoms with Gasteiger partial charge in [0.1, 0.15) is 5.82 Å². The Kier molecular flexibility index (Phi) is 3.00. The molecule has 0 radical (unpaired) electrons. The molecule has 0 aromatic carbocycles. The maximum Gasteiger partial charge on any atom is 0.237 e. The van der Waals surface area contributed by atoms with E-state index in [1.54, 1.807) is 12.3 Å². The van der Waals surface area contributed by atoms with Gasteiger partial charge < -0.3 is 16.4 Å². The summed E-state index contributed by atoms with van der Waals surface area (Å²) >= 11 is 0. The molecule has 3 rings (SSSR count). The van der Waals surface area contributed by atoms with E-state index in [0.29, 0.717) is 18.8 Å².